The van der Waals surface area contributed by atoms with Gasteiger partial charge < -0.3 is 14.9 Å². The molecule has 0 bridgehead atoms. The Kier molecular flexibility index (Phi) is 3.48. The van der Waals surface area contributed by atoms with Crippen molar-refractivity contribution in [2.24, 2.45) is 0 Å². The van der Waals surface area contributed by atoms with Crippen LogP contribution in [0.2, 0.25) is 0 Å². The van der Waals surface area contributed by atoms with Gasteiger partial charge in [-0.3, -0.25) is 0 Å². The van der Waals surface area contributed by atoms with Gasteiger partial charge in [0.15, 0.2) is 0 Å². The maximum absolute atomic E-state index is 10.9. The highest BCUT2D eigenvalue weighted by Crippen LogP contribution is 2.28. The second kappa shape index (κ2) is 5.28. The number of anilines is 1. The molecule has 3 rings (SSSR count). The number of hydrogen-bond acceptors (Lipinski definition) is 3. The van der Waals surface area contributed by atoms with Gasteiger partial charge in [-0.25, -0.2) is 9.78 Å². The molecule has 0 spiro atoms. The monoisotopic (exact) mass is 335 g/mol. The van der Waals surface area contributed by atoms with Crippen LogP contribution in [0.1, 0.15) is 0 Å². The molecule has 20 heavy (non-hydrogen) atoms. The van der Waals surface area contributed by atoms with Gasteiger partial charge in [0.1, 0.15) is 5.82 Å². The highest BCUT2D eigenvalue weighted by Gasteiger charge is 2.22. The van der Waals surface area contributed by atoms with Gasteiger partial charge in [0.2, 0.25) is 0 Å². The zero-order chi connectivity index (χ0) is 14.1. The van der Waals surface area contributed by atoms with E-state index < -0.39 is 6.09 Å². The third-order valence-electron chi connectivity index (χ3n) is 3.56. The third kappa shape index (κ3) is 2.43. The van der Waals surface area contributed by atoms with Crippen molar-refractivity contribution in [3.8, 4) is 0 Å². The Labute approximate surface area is 124 Å². The molecule has 0 aliphatic carbocycles. The summed E-state index contributed by atoms with van der Waals surface area (Å²) in [7, 11) is 0. The van der Waals surface area contributed by atoms with E-state index in [1.165, 1.54) is 4.90 Å². The smallest absolute Gasteiger partial charge is 0.407 e. The first-order chi connectivity index (χ1) is 9.65. The average molecular weight is 336 g/mol. The molecule has 0 unspecified atom stereocenters. The summed E-state index contributed by atoms with van der Waals surface area (Å²) in [5.41, 5.74) is 0. The molecule has 2 aromatic rings. The van der Waals surface area contributed by atoms with Gasteiger partial charge in [-0.05, 0) is 23.6 Å². The van der Waals surface area contributed by atoms with Crippen molar-refractivity contribution < 1.29 is 9.90 Å². The maximum atomic E-state index is 10.9. The van der Waals surface area contributed by atoms with Crippen molar-refractivity contribution in [1.29, 1.82) is 0 Å². The van der Waals surface area contributed by atoms with Crippen molar-refractivity contribution >= 4 is 38.6 Å². The fourth-order valence-corrected chi connectivity index (χ4v) is 2.85. The zero-order valence-electron chi connectivity index (χ0n) is 10.8. The van der Waals surface area contributed by atoms with Crippen LogP contribution in [0.3, 0.4) is 0 Å². The van der Waals surface area contributed by atoms with Crippen LogP contribution >= 0.6 is 15.9 Å². The quantitative estimate of drug-likeness (QED) is 0.870. The second-order valence-corrected chi connectivity index (χ2v) is 5.67. The lowest BCUT2D eigenvalue weighted by Gasteiger charge is -2.34. The normalized spacial score (nSPS) is 15.7. The van der Waals surface area contributed by atoms with Gasteiger partial charge in [-0.2, -0.15) is 0 Å². The average Bonchev–Trinajstić information content (AvgIpc) is 2.46. The minimum absolute atomic E-state index is 0.515. The number of fused-ring (bicyclic) bond motifs is 1. The predicted molar refractivity (Wildman–Crippen MR) is 81.3 cm³/mol. The van der Waals surface area contributed by atoms with Crippen LogP contribution < -0.4 is 4.90 Å². The Morgan fingerprint density at radius 1 is 1.20 bits per heavy atom. The summed E-state index contributed by atoms with van der Waals surface area (Å²) in [5, 5.41) is 11.2. The minimum Gasteiger partial charge on any atom is -0.465 e. The van der Waals surface area contributed by atoms with E-state index in [4.69, 9.17) is 5.11 Å². The van der Waals surface area contributed by atoms with Gasteiger partial charge in [0.05, 0.1) is 0 Å². The van der Waals surface area contributed by atoms with Crippen LogP contribution in [-0.4, -0.2) is 47.3 Å². The number of nitrogens with zero attached hydrogens (tertiary/aromatic N) is 3. The summed E-state index contributed by atoms with van der Waals surface area (Å²) in [6.07, 6.45) is 0.952. The van der Waals surface area contributed by atoms with E-state index in [0.29, 0.717) is 26.2 Å². The van der Waals surface area contributed by atoms with E-state index in [9.17, 15) is 4.79 Å². The van der Waals surface area contributed by atoms with Gasteiger partial charge in [-0.15, -0.1) is 0 Å². The molecule has 1 aromatic heterocycles. The van der Waals surface area contributed by atoms with Gasteiger partial charge >= 0.3 is 6.09 Å². The highest BCUT2D eigenvalue weighted by atomic mass is 79.9. The van der Waals surface area contributed by atoms with Crippen LogP contribution in [-0.2, 0) is 0 Å². The first-order valence-electron chi connectivity index (χ1n) is 6.42. The SMILES string of the molecule is O=C(O)N1CCN(c2nccc3ccc(Br)cc23)CC1. The van der Waals surface area contributed by atoms with E-state index in [1.807, 2.05) is 12.1 Å². The van der Waals surface area contributed by atoms with Crippen LogP contribution in [0.25, 0.3) is 10.8 Å². The fourth-order valence-electron chi connectivity index (χ4n) is 2.49. The first-order valence-corrected chi connectivity index (χ1v) is 7.21. The molecule has 6 heteroatoms. The number of hydrogen-bond donors (Lipinski definition) is 1. The van der Waals surface area contributed by atoms with E-state index in [-0.39, 0.29) is 0 Å². The molecule has 0 saturated carbocycles. The van der Waals surface area contributed by atoms with Gasteiger partial charge in [0.25, 0.3) is 0 Å². The zero-order valence-corrected chi connectivity index (χ0v) is 12.4. The van der Waals surface area contributed by atoms with Gasteiger partial charge in [0, 0.05) is 42.2 Å². The van der Waals surface area contributed by atoms with Crippen LogP contribution in [0.4, 0.5) is 10.6 Å². The summed E-state index contributed by atoms with van der Waals surface area (Å²) in [5.74, 6) is 0.925. The Morgan fingerprint density at radius 3 is 2.65 bits per heavy atom. The Bertz CT molecular complexity index is 654. The molecule has 1 aliphatic rings. The number of piperazine rings is 1. The minimum atomic E-state index is -0.849. The largest absolute Gasteiger partial charge is 0.465 e. The molecule has 2 heterocycles. The first kappa shape index (κ1) is 13.2. The molecule has 5 nitrogen and oxygen atoms in total. The van der Waals surface area contributed by atoms with E-state index >= 15 is 0 Å². The Morgan fingerprint density at radius 2 is 1.95 bits per heavy atom. The summed E-state index contributed by atoms with van der Waals surface area (Å²) in [4.78, 5) is 19.0. The van der Waals surface area contributed by atoms with Gasteiger partial charge in [-0.1, -0.05) is 22.0 Å². The molecule has 104 valence electrons. The molecule has 1 aliphatic heterocycles. The highest BCUT2D eigenvalue weighted by molar-refractivity contribution is 9.10. The van der Waals surface area contributed by atoms with E-state index in [1.54, 1.807) is 6.20 Å². The second-order valence-electron chi connectivity index (χ2n) is 4.76. The van der Waals surface area contributed by atoms with E-state index in [0.717, 1.165) is 21.1 Å². The summed E-state index contributed by atoms with van der Waals surface area (Å²) in [6.45, 7) is 2.37. The van der Waals surface area contributed by atoms with E-state index in [2.05, 4.69) is 37.9 Å². The molecule has 1 aromatic carbocycles. The third-order valence-corrected chi connectivity index (χ3v) is 4.05. The number of amides is 1. The number of carbonyl (C=O) groups is 1. The number of halogens is 1. The van der Waals surface area contributed by atoms with Crippen molar-refractivity contribution in [3.05, 3.63) is 34.9 Å². The number of aromatic nitrogens is 1. The lowest BCUT2D eigenvalue weighted by Crippen LogP contribution is -2.48. The lowest BCUT2D eigenvalue weighted by molar-refractivity contribution is 0.142. The summed E-state index contributed by atoms with van der Waals surface area (Å²) < 4.78 is 1.02. The van der Waals surface area contributed by atoms with Crippen molar-refractivity contribution in [2.75, 3.05) is 31.1 Å². The summed E-state index contributed by atoms with van der Waals surface area (Å²) >= 11 is 3.49. The number of benzene rings is 1. The molecule has 0 atom stereocenters. The van der Waals surface area contributed by atoms with Crippen LogP contribution in [0.15, 0.2) is 34.9 Å². The molecule has 1 saturated heterocycles. The molecule has 0 radical (unpaired) electrons. The standard InChI is InChI=1S/C14H14BrN3O2/c15-11-2-1-10-3-4-16-13(12(10)9-11)17-5-7-18(8-6-17)14(19)20/h1-4,9H,5-8H2,(H,19,20). The number of pyridine rings is 1. The molecule has 1 amide bonds. The maximum Gasteiger partial charge on any atom is 0.407 e. The molecule has 1 N–H and O–H groups in total. The topological polar surface area (TPSA) is 56.7 Å². The van der Waals surface area contributed by atoms with Crippen LogP contribution in [0, 0.1) is 0 Å². The Hall–Kier alpha value is -1.82. The summed E-state index contributed by atoms with van der Waals surface area (Å²) in [6, 6.07) is 8.10. The molecular weight excluding hydrogens is 322 g/mol. The van der Waals surface area contributed by atoms with Crippen LogP contribution in [0.5, 0.6) is 0 Å². The fraction of sp³-hybridized carbons (Fsp3) is 0.286. The predicted octanol–water partition coefficient (Wildman–Crippen LogP) is 2.80. The van der Waals surface area contributed by atoms with Crippen molar-refractivity contribution in [1.82, 2.24) is 9.88 Å². The molecule has 1 fully saturated rings. The molecular formula is C14H14BrN3O2. The lowest BCUT2D eigenvalue weighted by atomic mass is 10.1. The Balaban J connectivity index is 1.91. The number of rotatable bonds is 1. The number of carboxylic acid groups (broad SMARTS) is 1. The van der Waals surface area contributed by atoms with Crippen molar-refractivity contribution in [2.45, 2.75) is 0 Å². The van der Waals surface area contributed by atoms with Crippen molar-refractivity contribution in [3.63, 3.8) is 0 Å².